The van der Waals surface area contributed by atoms with E-state index in [-0.39, 0.29) is 0 Å². The van der Waals surface area contributed by atoms with Gasteiger partial charge in [-0.2, -0.15) is 0 Å². The predicted molar refractivity (Wildman–Crippen MR) is 79.2 cm³/mol. The first-order chi connectivity index (χ1) is 8.93. The van der Waals surface area contributed by atoms with Gasteiger partial charge in [0.05, 0.1) is 5.04 Å². The maximum Gasteiger partial charge on any atom is 0.0982 e. The summed E-state index contributed by atoms with van der Waals surface area (Å²) in [6.45, 7) is 0.927. The predicted octanol–water partition coefficient (Wildman–Crippen LogP) is 4.31. The SMILES string of the molecule is c1ccc(C2=NCC[C@H](c3ccccc3)S2)cc1. The Labute approximate surface area is 112 Å². The first-order valence-corrected chi connectivity index (χ1v) is 7.13. The summed E-state index contributed by atoms with van der Waals surface area (Å²) < 4.78 is 0. The molecular weight excluding hydrogens is 238 g/mol. The van der Waals surface area contributed by atoms with Crippen LogP contribution in [-0.4, -0.2) is 11.6 Å². The van der Waals surface area contributed by atoms with Crippen LogP contribution in [0, 0.1) is 0 Å². The molecule has 2 heteroatoms. The van der Waals surface area contributed by atoms with Gasteiger partial charge < -0.3 is 0 Å². The molecule has 0 radical (unpaired) electrons. The van der Waals surface area contributed by atoms with Crippen molar-refractivity contribution in [1.29, 1.82) is 0 Å². The van der Waals surface area contributed by atoms with Crippen molar-refractivity contribution < 1.29 is 0 Å². The van der Waals surface area contributed by atoms with Gasteiger partial charge in [0.25, 0.3) is 0 Å². The molecule has 1 atom stereocenters. The molecule has 0 spiro atoms. The number of hydrogen-bond acceptors (Lipinski definition) is 2. The molecule has 0 fully saturated rings. The third kappa shape index (κ3) is 2.49. The zero-order valence-electron chi connectivity index (χ0n) is 10.1. The van der Waals surface area contributed by atoms with E-state index in [1.54, 1.807) is 0 Å². The molecule has 3 rings (SSSR count). The van der Waals surface area contributed by atoms with Crippen LogP contribution in [0.4, 0.5) is 0 Å². The van der Waals surface area contributed by atoms with Crippen molar-refractivity contribution in [3.8, 4) is 0 Å². The van der Waals surface area contributed by atoms with Crippen LogP contribution >= 0.6 is 11.8 Å². The number of rotatable bonds is 2. The summed E-state index contributed by atoms with van der Waals surface area (Å²) in [6.07, 6.45) is 1.13. The molecule has 0 N–H and O–H groups in total. The largest absolute Gasteiger partial charge is 0.278 e. The van der Waals surface area contributed by atoms with Crippen LogP contribution in [0.15, 0.2) is 65.7 Å². The number of nitrogens with zero attached hydrogens (tertiary/aromatic N) is 1. The van der Waals surface area contributed by atoms with E-state index >= 15 is 0 Å². The molecule has 1 aliphatic heterocycles. The van der Waals surface area contributed by atoms with Gasteiger partial charge in [-0.05, 0) is 12.0 Å². The number of thioether (sulfide) groups is 1. The Bertz CT molecular complexity index is 534. The molecule has 0 unspecified atom stereocenters. The molecule has 18 heavy (non-hydrogen) atoms. The van der Waals surface area contributed by atoms with Gasteiger partial charge in [0.1, 0.15) is 0 Å². The van der Waals surface area contributed by atoms with Crippen molar-refractivity contribution in [2.24, 2.45) is 4.99 Å². The lowest BCUT2D eigenvalue weighted by molar-refractivity contribution is 0.811. The van der Waals surface area contributed by atoms with Gasteiger partial charge in [-0.25, -0.2) is 0 Å². The molecule has 1 nitrogen and oxygen atoms in total. The zero-order chi connectivity index (χ0) is 12.2. The molecule has 1 aliphatic rings. The summed E-state index contributed by atoms with van der Waals surface area (Å²) in [7, 11) is 0. The first-order valence-electron chi connectivity index (χ1n) is 6.25. The third-order valence-corrected chi connectivity index (χ3v) is 4.47. The quantitative estimate of drug-likeness (QED) is 0.776. The van der Waals surface area contributed by atoms with Gasteiger partial charge in [0.15, 0.2) is 0 Å². The van der Waals surface area contributed by atoms with Gasteiger partial charge in [-0.3, -0.25) is 4.99 Å². The Morgan fingerprint density at radius 1 is 0.889 bits per heavy atom. The third-order valence-electron chi connectivity index (χ3n) is 3.09. The minimum absolute atomic E-state index is 0.541. The number of hydrogen-bond donors (Lipinski definition) is 0. The Morgan fingerprint density at radius 3 is 2.28 bits per heavy atom. The second kappa shape index (κ2) is 5.40. The first kappa shape index (κ1) is 11.5. The highest BCUT2D eigenvalue weighted by Crippen LogP contribution is 2.37. The van der Waals surface area contributed by atoms with Crippen molar-refractivity contribution in [3.63, 3.8) is 0 Å². The van der Waals surface area contributed by atoms with Gasteiger partial charge in [0, 0.05) is 17.4 Å². The smallest absolute Gasteiger partial charge is 0.0982 e. The van der Waals surface area contributed by atoms with Crippen molar-refractivity contribution in [3.05, 3.63) is 71.8 Å². The maximum absolute atomic E-state index is 4.66. The summed E-state index contributed by atoms with van der Waals surface area (Å²) >= 11 is 1.89. The lowest BCUT2D eigenvalue weighted by Crippen LogP contribution is -2.09. The Balaban J connectivity index is 1.82. The Morgan fingerprint density at radius 2 is 1.56 bits per heavy atom. The van der Waals surface area contributed by atoms with E-state index in [1.165, 1.54) is 16.2 Å². The molecule has 0 aromatic heterocycles. The van der Waals surface area contributed by atoms with Crippen LogP contribution < -0.4 is 0 Å². The average Bonchev–Trinajstić information content (AvgIpc) is 2.49. The second-order valence-corrected chi connectivity index (χ2v) is 5.55. The summed E-state index contributed by atoms with van der Waals surface area (Å²) in [5.74, 6) is 0. The molecule has 0 aliphatic carbocycles. The Hall–Kier alpha value is -1.54. The van der Waals surface area contributed by atoms with E-state index in [0.717, 1.165) is 13.0 Å². The van der Waals surface area contributed by atoms with Crippen molar-refractivity contribution >= 4 is 16.8 Å². The normalized spacial score (nSPS) is 19.3. The topological polar surface area (TPSA) is 12.4 Å². The van der Waals surface area contributed by atoms with Crippen LogP contribution in [0.2, 0.25) is 0 Å². The minimum Gasteiger partial charge on any atom is -0.278 e. The fraction of sp³-hybridized carbons (Fsp3) is 0.188. The van der Waals surface area contributed by atoms with E-state index < -0.39 is 0 Å². The van der Waals surface area contributed by atoms with Gasteiger partial charge in [0.2, 0.25) is 0 Å². The van der Waals surface area contributed by atoms with E-state index in [1.807, 2.05) is 17.8 Å². The van der Waals surface area contributed by atoms with Crippen molar-refractivity contribution in [2.75, 3.05) is 6.54 Å². The van der Waals surface area contributed by atoms with Crippen molar-refractivity contribution in [2.45, 2.75) is 11.7 Å². The molecule has 0 saturated heterocycles. The maximum atomic E-state index is 4.66. The van der Waals surface area contributed by atoms with Crippen LogP contribution in [-0.2, 0) is 0 Å². The summed E-state index contributed by atoms with van der Waals surface area (Å²) in [4.78, 5) is 4.66. The molecular formula is C16H15NS. The zero-order valence-corrected chi connectivity index (χ0v) is 10.9. The summed E-state index contributed by atoms with van der Waals surface area (Å²) in [5, 5.41) is 1.72. The monoisotopic (exact) mass is 253 g/mol. The highest BCUT2D eigenvalue weighted by molar-refractivity contribution is 8.14. The number of benzene rings is 2. The molecule has 0 bridgehead atoms. The average molecular weight is 253 g/mol. The fourth-order valence-corrected chi connectivity index (χ4v) is 3.38. The van der Waals surface area contributed by atoms with Crippen LogP contribution in [0.25, 0.3) is 0 Å². The van der Waals surface area contributed by atoms with Crippen LogP contribution in [0.1, 0.15) is 22.8 Å². The van der Waals surface area contributed by atoms with Gasteiger partial charge >= 0.3 is 0 Å². The van der Waals surface area contributed by atoms with E-state index in [4.69, 9.17) is 0 Å². The van der Waals surface area contributed by atoms with Gasteiger partial charge in [-0.15, -0.1) is 0 Å². The summed E-state index contributed by atoms with van der Waals surface area (Å²) in [5.41, 5.74) is 2.65. The Kier molecular flexibility index (Phi) is 3.47. The molecule has 90 valence electrons. The van der Waals surface area contributed by atoms with Crippen LogP contribution in [0.3, 0.4) is 0 Å². The molecule has 0 saturated carbocycles. The second-order valence-electron chi connectivity index (χ2n) is 4.36. The highest BCUT2D eigenvalue weighted by Gasteiger charge is 2.19. The highest BCUT2D eigenvalue weighted by atomic mass is 32.2. The minimum atomic E-state index is 0.541. The van der Waals surface area contributed by atoms with Crippen LogP contribution in [0.5, 0.6) is 0 Å². The molecule has 0 amide bonds. The molecule has 2 aromatic carbocycles. The van der Waals surface area contributed by atoms with E-state index in [2.05, 4.69) is 59.6 Å². The standard InChI is InChI=1S/C16H15NS/c1-3-7-13(8-4-1)15-11-12-17-16(18-15)14-9-5-2-6-10-14/h1-10,15H,11-12H2/t15-/m1/s1. The van der Waals surface area contributed by atoms with E-state index in [9.17, 15) is 0 Å². The lowest BCUT2D eigenvalue weighted by atomic mass is 10.1. The fourth-order valence-electron chi connectivity index (χ4n) is 2.16. The van der Waals surface area contributed by atoms with Gasteiger partial charge in [-0.1, -0.05) is 72.4 Å². The van der Waals surface area contributed by atoms with E-state index in [0.29, 0.717) is 5.25 Å². The number of aliphatic imine (C=N–C) groups is 1. The van der Waals surface area contributed by atoms with Crippen molar-refractivity contribution in [1.82, 2.24) is 0 Å². The summed E-state index contributed by atoms with van der Waals surface area (Å²) in [6, 6.07) is 21.2. The molecule has 2 aromatic rings. The molecule has 1 heterocycles. The lowest BCUT2D eigenvalue weighted by Gasteiger charge is -2.21.